The Labute approximate surface area is 184 Å². The first-order valence-electron chi connectivity index (χ1n) is 11.1. The van der Waals surface area contributed by atoms with Crippen LogP contribution in [-0.4, -0.2) is 57.0 Å². The van der Waals surface area contributed by atoms with E-state index in [-0.39, 0.29) is 41.5 Å². The molecule has 170 valence electrons. The summed E-state index contributed by atoms with van der Waals surface area (Å²) < 4.78 is 29.5. The van der Waals surface area contributed by atoms with Crippen molar-refractivity contribution < 1.29 is 17.9 Å². The molecule has 2 aliphatic heterocycles. The van der Waals surface area contributed by atoms with Crippen molar-refractivity contribution in [1.29, 1.82) is 0 Å². The number of aliphatic imine (C=N–C) groups is 1. The molecule has 1 aromatic carbocycles. The lowest BCUT2D eigenvalue weighted by Gasteiger charge is -2.40. The predicted octanol–water partition coefficient (Wildman–Crippen LogP) is 1.68. The van der Waals surface area contributed by atoms with Gasteiger partial charge in [0.1, 0.15) is 11.4 Å². The van der Waals surface area contributed by atoms with E-state index in [0.717, 1.165) is 30.6 Å². The van der Waals surface area contributed by atoms with Crippen molar-refractivity contribution in [3.8, 4) is 5.75 Å². The maximum atomic E-state index is 12.2. The Morgan fingerprint density at radius 1 is 1.23 bits per heavy atom. The Bertz CT molecular complexity index is 941. The van der Waals surface area contributed by atoms with Gasteiger partial charge in [0.15, 0.2) is 15.8 Å². The van der Waals surface area contributed by atoms with E-state index in [0.29, 0.717) is 18.9 Å². The standard InChI is InChI=1S/C22H32N4O4S/c1-23-21(24-12-8-20(27)25-16-9-13-31(28,29)15-16)26-18-14-22(10-4-5-11-22)30-19-7-3-2-6-17(18)19/h2-3,6-7,16,18H,4-5,8-15H2,1H3,(H,25,27)(H2,23,24,26). The first-order chi connectivity index (χ1) is 14.9. The molecule has 0 bridgehead atoms. The van der Waals surface area contributed by atoms with Crippen LogP contribution in [0.3, 0.4) is 0 Å². The van der Waals surface area contributed by atoms with E-state index in [1.54, 1.807) is 7.05 Å². The van der Waals surface area contributed by atoms with Crippen LogP contribution in [0.25, 0.3) is 0 Å². The molecular weight excluding hydrogens is 416 g/mol. The fraction of sp³-hybridized carbons (Fsp3) is 0.636. The second-order valence-electron chi connectivity index (χ2n) is 8.85. The van der Waals surface area contributed by atoms with Crippen molar-refractivity contribution in [3.63, 3.8) is 0 Å². The molecule has 1 spiro atoms. The topological polar surface area (TPSA) is 109 Å². The van der Waals surface area contributed by atoms with Gasteiger partial charge in [-0.2, -0.15) is 0 Å². The van der Waals surface area contributed by atoms with Gasteiger partial charge in [-0.05, 0) is 38.2 Å². The van der Waals surface area contributed by atoms with Crippen LogP contribution in [0.15, 0.2) is 29.3 Å². The summed E-state index contributed by atoms with van der Waals surface area (Å²) in [5.41, 5.74) is 1.02. The molecule has 8 nitrogen and oxygen atoms in total. The van der Waals surface area contributed by atoms with Gasteiger partial charge in [-0.15, -0.1) is 0 Å². The summed E-state index contributed by atoms with van der Waals surface area (Å²) in [4.78, 5) is 16.5. The average molecular weight is 449 g/mol. The number of carbonyl (C=O) groups excluding carboxylic acids is 1. The largest absolute Gasteiger partial charge is 0.487 e. The van der Waals surface area contributed by atoms with Gasteiger partial charge >= 0.3 is 0 Å². The number of rotatable bonds is 5. The molecule has 2 fully saturated rings. The second kappa shape index (κ2) is 9.06. The van der Waals surface area contributed by atoms with Crippen molar-refractivity contribution in [3.05, 3.63) is 29.8 Å². The van der Waals surface area contributed by atoms with E-state index in [1.165, 1.54) is 12.8 Å². The molecule has 1 saturated heterocycles. The number of guanidine groups is 1. The molecule has 2 atom stereocenters. The van der Waals surface area contributed by atoms with E-state index in [9.17, 15) is 13.2 Å². The number of ether oxygens (including phenoxy) is 1. The number of fused-ring (bicyclic) bond motifs is 1. The first-order valence-corrected chi connectivity index (χ1v) is 13.0. The molecule has 1 amide bonds. The van der Waals surface area contributed by atoms with Crippen molar-refractivity contribution in [2.45, 2.75) is 62.6 Å². The zero-order valence-electron chi connectivity index (χ0n) is 18.0. The summed E-state index contributed by atoms with van der Waals surface area (Å²) in [5, 5.41) is 9.55. The van der Waals surface area contributed by atoms with Crippen LogP contribution in [0, 0.1) is 0 Å². The number of benzene rings is 1. The van der Waals surface area contributed by atoms with Crippen LogP contribution >= 0.6 is 0 Å². The van der Waals surface area contributed by atoms with Crippen molar-refractivity contribution in [1.82, 2.24) is 16.0 Å². The molecule has 31 heavy (non-hydrogen) atoms. The summed E-state index contributed by atoms with van der Waals surface area (Å²) in [5.74, 6) is 1.63. The molecule has 4 rings (SSSR count). The molecule has 2 unspecified atom stereocenters. The van der Waals surface area contributed by atoms with Gasteiger partial charge in [-0.3, -0.25) is 9.79 Å². The molecule has 1 aromatic rings. The lowest BCUT2D eigenvalue weighted by molar-refractivity contribution is -0.121. The maximum Gasteiger partial charge on any atom is 0.222 e. The number of hydrogen-bond donors (Lipinski definition) is 3. The lowest BCUT2D eigenvalue weighted by Crippen LogP contribution is -2.47. The van der Waals surface area contributed by atoms with Crippen LogP contribution in [-0.2, 0) is 14.6 Å². The molecule has 1 aliphatic carbocycles. The minimum atomic E-state index is -3.00. The minimum absolute atomic E-state index is 0.0420. The highest BCUT2D eigenvalue weighted by Crippen LogP contribution is 2.46. The number of carbonyl (C=O) groups is 1. The van der Waals surface area contributed by atoms with Crippen LogP contribution < -0.4 is 20.7 Å². The number of nitrogens with zero attached hydrogens (tertiary/aromatic N) is 1. The Hall–Kier alpha value is -2.29. The third kappa shape index (κ3) is 5.31. The Morgan fingerprint density at radius 2 is 2.00 bits per heavy atom. The van der Waals surface area contributed by atoms with Crippen molar-refractivity contribution in [2.75, 3.05) is 25.1 Å². The number of hydrogen-bond acceptors (Lipinski definition) is 5. The van der Waals surface area contributed by atoms with Gasteiger partial charge in [-0.1, -0.05) is 18.2 Å². The van der Waals surface area contributed by atoms with Crippen molar-refractivity contribution in [2.24, 2.45) is 4.99 Å². The number of nitrogens with one attached hydrogen (secondary N) is 3. The molecule has 3 aliphatic rings. The fourth-order valence-corrected chi connectivity index (χ4v) is 6.61. The van der Waals surface area contributed by atoms with Crippen LogP contribution in [0.5, 0.6) is 5.75 Å². The van der Waals surface area contributed by atoms with E-state index >= 15 is 0 Å². The second-order valence-corrected chi connectivity index (χ2v) is 11.1. The lowest BCUT2D eigenvalue weighted by atomic mass is 9.86. The van der Waals surface area contributed by atoms with Gasteiger partial charge < -0.3 is 20.7 Å². The highest BCUT2D eigenvalue weighted by Gasteiger charge is 2.43. The minimum Gasteiger partial charge on any atom is -0.487 e. The highest BCUT2D eigenvalue weighted by molar-refractivity contribution is 7.91. The summed E-state index contributed by atoms with van der Waals surface area (Å²) in [6, 6.07) is 7.97. The maximum absolute atomic E-state index is 12.2. The molecule has 9 heteroatoms. The Kier molecular flexibility index (Phi) is 6.41. The molecule has 0 radical (unpaired) electrons. The summed E-state index contributed by atoms with van der Waals surface area (Å²) in [6.45, 7) is 0.418. The third-order valence-electron chi connectivity index (χ3n) is 6.49. The zero-order chi connectivity index (χ0) is 21.9. The molecule has 2 heterocycles. The average Bonchev–Trinajstić information content (AvgIpc) is 3.32. The van der Waals surface area contributed by atoms with Crippen LogP contribution in [0.1, 0.15) is 56.6 Å². The van der Waals surface area contributed by atoms with Gasteiger partial charge in [0.2, 0.25) is 5.91 Å². The third-order valence-corrected chi connectivity index (χ3v) is 8.26. The monoisotopic (exact) mass is 448 g/mol. The fourth-order valence-electron chi connectivity index (χ4n) is 4.94. The van der Waals surface area contributed by atoms with E-state index in [4.69, 9.17) is 4.74 Å². The highest BCUT2D eigenvalue weighted by atomic mass is 32.2. The van der Waals surface area contributed by atoms with Crippen LogP contribution in [0.2, 0.25) is 0 Å². The molecule has 3 N–H and O–H groups in total. The summed E-state index contributed by atoms with van der Waals surface area (Å²) >= 11 is 0. The number of para-hydroxylation sites is 1. The van der Waals surface area contributed by atoms with E-state index < -0.39 is 9.84 Å². The predicted molar refractivity (Wildman–Crippen MR) is 120 cm³/mol. The number of sulfone groups is 1. The molecule has 1 saturated carbocycles. The quantitative estimate of drug-likeness (QED) is 0.467. The van der Waals surface area contributed by atoms with Gasteiger partial charge in [0.05, 0.1) is 17.5 Å². The summed E-state index contributed by atoms with van der Waals surface area (Å²) in [7, 11) is -1.28. The van der Waals surface area contributed by atoms with Crippen molar-refractivity contribution >= 4 is 21.7 Å². The van der Waals surface area contributed by atoms with Crippen LogP contribution in [0.4, 0.5) is 0 Å². The van der Waals surface area contributed by atoms with E-state index in [1.807, 2.05) is 18.2 Å². The normalized spacial score (nSPS) is 26.2. The zero-order valence-corrected chi connectivity index (χ0v) is 18.8. The number of amides is 1. The first kappa shape index (κ1) is 21.9. The van der Waals surface area contributed by atoms with Gasteiger partial charge in [0.25, 0.3) is 0 Å². The molecular formula is C22H32N4O4S. The summed E-state index contributed by atoms with van der Waals surface area (Å²) in [6.07, 6.45) is 6.17. The van der Waals surface area contributed by atoms with E-state index in [2.05, 4.69) is 27.0 Å². The smallest absolute Gasteiger partial charge is 0.222 e. The SMILES string of the molecule is CN=C(NCCC(=O)NC1CCS(=O)(=O)C1)NC1CC2(CCCC2)Oc2ccccc21. The Morgan fingerprint density at radius 3 is 2.71 bits per heavy atom. The van der Waals surface area contributed by atoms with Gasteiger partial charge in [-0.25, -0.2) is 8.42 Å². The Balaban J connectivity index is 1.31. The van der Waals surface area contributed by atoms with Gasteiger partial charge in [0, 0.05) is 38.0 Å². The molecule has 0 aromatic heterocycles.